The summed E-state index contributed by atoms with van der Waals surface area (Å²) < 4.78 is 0.823. The lowest BCUT2D eigenvalue weighted by Crippen LogP contribution is -2.20. The summed E-state index contributed by atoms with van der Waals surface area (Å²) in [6.45, 7) is 7.02. The Morgan fingerprint density at radius 1 is 1.00 bits per heavy atom. The number of nitrogens with zero attached hydrogens (tertiary/aromatic N) is 1. The molecule has 0 aromatic carbocycles. The van der Waals surface area contributed by atoms with Crippen LogP contribution in [0.1, 0.15) is 90.0 Å². The van der Waals surface area contributed by atoms with E-state index in [1.165, 1.54) is 69.2 Å². The van der Waals surface area contributed by atoms with Crippen molar-refractivity contribution in [3.8, 4) is 0 Å². The molecule has 0 aliphatic heterocycles. The van der Waals surface area contributed by atoms with Gasteiger partial charge in [0.2, 0.25) is 0 Å². The molecule has 0 amide bonds. The highest BCUT2D eigenvalue weighted by Gasteiger charge is 2.25. The van der Waals surface area contributed by atoms with Crippen LogP contribution in [-0.4, -0.2) is 4.98 Å². The van der Waals surface area contributed by atoms with Gasteiger partial charge in [-0.05, 0) is 18.3 Å². The Balaban J connectivity index is 2.50. The molecule has 1 rings (SSSR count). The molecule has 122 valence electrons. The first kappa shape index (κ1) is 19.0. The molecule has 0 saturated carbocycles. The summed E-state index contributed by atoms with van der Waals surface area (Å²) in [5.41, 5.74) is 0.405. The lowest BCUT2D eigenvalue weighted by atomic mass is 9.77. The zero-order chi connectivity index (χ0) is 15.6. The van der Waals surface area contributed by atoms with Crippen LogP contribution >= 0.6 is 22.9 Å². The van der Waals surface area contributed by atoms with Gasteiger partial charge in [-0.1, -0.05) is 83.7 Å². The summed E-state index contributed by atoms with van der Waals surface area (Å²) in [6, 6.07) is 0. The third-order valence-electron chi connectivity index (χ3n) is 4.37. The van der Waals surface area contributed by atoms with Crippen molar-refractivity contribution >= 4 is 22.9 Å². The Bertz CT molecular complexity index is 363. The molecule has 1 nitrogen and oxygen atoms in total. The Morgan fingerprint density at radius 2 is 1.57 bits per heavy atom. The molecular weight excluding hydrogens is 298 g/mol. The number of aromatic nitrogens is 1. The van der Waals surface area contributed by atoms with Crippen molar-refractivity contribution in [2.75, 3.05) is 0 Å². The number of hydrogen-bond acceptors (Lipinski definition) is 2. The monoisotopic (exact) mass is 329 g/mol. The van der Waals surface area contributed by atoms with Crippen molar-refractivity contribution in [3.63, 3.8) is 0 Å². The fourth-order valence-corrected chi connectivity index (χ4v) is 4.17. The minimum Gasteiger partial charge on any atom is -0.248 e. The summed E-state index contributed by atoms with van der Waals surface area (Å²) in [5, 5.41) is 1.22. The highest BCUT2D eigenvalue weighted by molar-refractivity contribution is 7.15. The van der Waals surface area contributed by atoms with Gasteiger partial charge < -0.3 is 0 Å². The number of halogens is 1. The molecule has 0 bridgehead atoms. The lowest BCUT2D eigenvalue weighted by molar-refractivity contribution is 0.249. The third kappa shape index (κ3) is 8.21. The van der Waals surface area contributed by atoms with Crippen LogP contribution < -0.4 is 0 Å². The molecule has 0 unspecified atom stereocenters. The molecule has 0 aliphatic carbocycles. The van der Waals surface area contributed by atoms with Gasteiger partial charge in [0.1, 0.15) is 4.34 Å². The molecule has 0 fully saturated rings. The van der Waals surface area contributed by atoms with E-state index in [2.05, 4.69) is 25.8 Å². The van der Waals surface area contributed by atoms with Crippen LogP contribution in [0.15, 0.2) is 6.20 Å². The van der Waals surface area contributed by atoms with Crippen LogP contribution in [0.2, 0.25) is 4.34 Å². The van der Waals surface area contributed by atoms with Gasteiger partial charge in [-0.25, -0.2) is 4.98 Å². The van der Waals surface area contributed by atoms with E-state index in [1.54, 1.807) is 17.5 Å². The van der Waals surface area contributed by atoms with Crippen LogP contribution in [0, 0.1) is 5.41 Å². The van der Waals surface area contributed by atoms with Crippen LogP contribution in [0.25, 0.3) is 0 Å². The molecule has 0 spiro atoms. The molecule has 0 aliphatic rings. The summed E-state index contributed by atoms with van der Waals surface area (Å²) in [5.74, 6) is 0. The highest BCUT2D eigenvalue weighted by atomic mass is 35.5. The van der Waals surface area contributed by atoms with Gasteiger partial charge in [-0.2, -0.15) is 0 Å². The van der Waals surface area contributed by atoms with Crippen molar-refractivity contribution in [2.24, 2.45) is 5.41 Å². The van der Waals surface area contributed by atoms with Gasteiger partial charge in [0.25, 0.3) is 0 Å². The number of unbranched alkanes of at least 4 members (excludes halogenated alkanes) is 6. The molecule has 1 heterocycles. The molecule has 3 heteroatoms. The Labute approximate surface area is 140 Å². The van der Waals surface area contributed by atoms with Crippen LogP contribution in [-0.2, 0) is 6.42 Å². The second kappa shape index (κ2) is 10.6. The van der Waals surface area contributed by atoms with Crippen LogP contribution in [0.3, 0.4) is 0 Å². The van der Waals surface area contributed by atoms with Crippen molar-refractivity contribution in [1.29, 1.82) is 0 Å². The fourth-order valence-electron chi connectivity index (χ4n) is 2.99. The maximum Gasteiger partial charge on any atom is 0.113 e. The standard InChI is InChI=1S/C18H32ClNS/c1-4-6-8-10-12-18(3,13-11-9-7-5-2)14-17-20-15-16(19)21-17/h15H,4-14H2,1-3H3. The first-order valence-electron chi connectivity index (χ1n) is 8.70. The Hall–Kier alpha value is -0.0800. The Morgan fingerprint density at radius 3 is 2.00 bits per heavy atom. The first-order chi connectivity index (χ1) is 10.1. The average molecular weight is 330 g/mol. The zero-order valence-corrected chi connectivity index (χ0v) is 15.7. The van der Waals surface area contributed by atoms with Crippen molar-refractivity contribution < 1.29 is 0 Å². The zero-order valence-electron chi connectivity index (χ0n) is 14.1. The molecule has 1 aromatic heterocycles. The molecule has 0 radical (unpaired) electrons. The summed E-state index contributed by atoms with van der Waals surface area (Å²) in [7, 11) is 0. The van der Waals surface area contributed by atoms with E-state index in [1.807, 2.05) is 0 Å². The number of hydrogen-bond donors (Lipinski definition) is 0. The second-order valence-electron chi connectivity index (χ2n) is 6.67. The van der Waals surface area contributed by atoms with Crippen LogP contribution in [0.4, 0.5) is 0 Å². The van der Waals surface area contributed by atoms with E-state index in [0.29, 0.717) is 5.41 Å². The SMILES string of the molecule is CCCCCCC(C)(CCCCCC)Cc1ncc(Cl)s1. The topological polar surface area (TPSA) is 12.9 Å². The maximum atomic E-state index is 6.04. The summed E-state index contributed by atoms with van der Waals surface area (Å²) >= 11 is 7.69. The van der Waals surface area contributed by atoms with E-state index >= 15 is 0 Å². The number of thiazole rings is 1. The smallest absolute Gasteiger partial charge is 0.113 e. The first-order valence-corrected chi connectivity index (χ1v) is 9.89. The number of rotatable bonds is 12. The van der Waals surface area contributed by atoms with Gasteiger partial charge in [0.15, 0.2) is 0 Å². The van der Waals surface area contributed by atoms with E-state index in [-0.39, 0.29) is 0 Å². The normalized spacial score (nSPS) is 12.0. The van der Waals surface area contributed by atoms with Gasteiger partial charge in [0.05, 0.1) is 11.2 Å². The van der Waals surface area contributed by atoms with Crippen molar-refractivity contribution in [3.05, 3.63) is 15.5 Å². The molecule has 0 N–H and O–H groups in total. The molecule has 21 heavy (non-hydrogen) atoms. The van der Waals surface area contributed by atoms with E-state index in [4.69, 9.17) is 11.6 Å². The van der Waals surface area contributed by atoms with Gasteiger partial charge in [0, 0.05) is 6.42 Å². The predicted molar refractivity (Wildman–Crippen MR) is 96.5 cm³/mol. The van der Waals surface area contributed by atoms with Gasteiger partial charge in [-0.15, -0.1) is 11.3 Å². The Kier molecular flexibility index (Phi) is 9.59. The average Bonchev–Trinajstić information content (AvgIpc) is 2.85. The van der Waals surface area contributed by atoms with E-state index in [9.17, 15) is 0 Å². The van der Waals surface area contributed by atoms with Gasteiger partial charge >= 0.3 is 0 Å². The third-order valence-corrected chi connectivity index (χ3v) is 5.49. The molecule has 1 aromatic rings. The van der Waals surface area contributed by atoms with Gasteiger partial charge in [-0.3, -0.25) is 0 Å². The largest absolute Gasteiger partial charge is 0.248 e. The minimum atomic E-state index is 0.405. The lowest BCUT2D eigenvalue weighted by Gasteiger charge is -2.29. The molecule has 0 saturated heterocycles. The van der Waals surface area contributed by atoms with Crippen molar-refractivity contribution in [1.82, 2.24) is 4.98 Å². The van der Waals surface area contributed by atoms with Crippen LogP contribution in [0.5, 0.6) is 0 Å². The van der Waals surface area contributed by atoms with E-state index < -0.39 is 0 Å². The molecular formula is C18H32ClNS. The second-order valence-corrected chi connectivity index (χ2v) is 8.41. The van der Waals surface area contributed by atoms with Crippen molar-refractivity contribution in [2.45, 2.75) is 91.4 Å². The quantitative estimate of drug-likeness (QED) is 0.367. The van der Waals surface area contributed by atoms with E-state index in [0.717, 1.165) is 10.8 Å². The maximum absolute atomic E-state index is 6.04. The molecule has 0 atom stereocenters. The summed E-state index contributed by atoms with van der Waals surface area (Å²) in [6.07, 6.45) is 16.4. The fraction of sp³-hybridized carbons (Fsp3) is 0.833. The minimum absolute atomic E-state index is 0.405. The highest BCUT2D eigenvalue weighted by Crippen LogP contribution is 2.36. The summed E-state index contributed by atoms with van der Waals surface area (Å²) in [4.78, 5) is 4.48. The predicted octanol–water partition coefficient (Wildman–Crippen LogP) is 7.29.